The van der Waals surface area contributed by atoms with Crippen LogP contribution in [0.4, 0.5) is 5.69 Å². The Morgan fingerprint density at radius 2 is 1.71 bits per heavy atom. The van der Waals surface area contributed by atoms with Crippen LogP contribution in [0, 0.1) is 10.1 Å². The number of nitro groups is 1. The van der Waals surface area contributed by atoms with Gasteiger partial charge in [0.2, 0.25) is 0 Å². The zero-order chi connectivity index (χ0) is 15.9. The molecule has 116 valence electrons. The van der Waals surface area contributed by atoms with E-state index in [1.54, 1.807) is 0 Å². The smallest absolute Gasteiger partial charge is 0.269 e. The molecule has 0 aromatic heterocycles. The van der Waals surface area contributed by atoms with E-state index >= 15 is 0 Å². The summed E-state index contributed by atoms with van der Waals surface area (Å²) in [5.74, 6) is -0.382. The fourth-order valence-electron chi connectivity index (χ4n) is 2.14. The van der Waals surface area contributed by atoms with E-state index in [0.29, 0.717) is 12.0 Å². The number of hydrogen-bond acceptors (Lipinski definition) is 5. The molecule has 0 unspecified atom stereocenters. The SMILES string of the molecule is CCCCCCCC(N)(N)C(=O)c1ccc([N+](=O)[O-])cc1. The van der Waals surface area contributed by atoms with Gasteiger partial charge in [0.15, 0.2) is 5.78 Å². The van der Waals surface area contributed by atoms with Gasteiger partial charge in [0.25, 0.3) is 5.69 Å². The molecule has 1 rings (SSSR count). The summed E-state index contributed by atoms with van der Waals surface area (Å²) in [5.41, 5.74) is 10.6. The molecule has 21 heavy (non-hydrogen) atoms. The summed E-state index contributed by atoms with van der Waals surface area (Å²) in [7, 11) is 0. The maximum atomic E-state index is 12.2. The predicted molar refractivity (Wildman–Crippen MR) is 81.9 cm³/mol. The fourth-order valence-corrected chi connectivity index (χ4v) is 2.14. The molecule has 4 N–H and O–H groups in total. The molecule has 6 heteroatoms. The second kappa shape index (κ2) is 7.85. The maximum Gasteiger partial charge on any atom is 0.269 e. The highest BCUT2D eigenvalue weighted by atomic mass is 16.6. The van der Waals surface area contributed by atoms with Crippen LogP contribution in [0.2, 0.25) is 0 Å². The van der Waals surface area contributed by atoms with Crippen molar-refractivity contribution in [2.75, 3.05) is 0 Å². The van der Waals surface area contributed by atoms with Gasteiger partial charge < -0.3 is 11.5 Å². The van der Waals surface area contributed by atoms with Gasteiger partial charge in [-0.05, 0) is 25.0 Å². The van der Waals surface area contributed by atoms with E-state index in [1.807, 2.05) is 0 Å². The van der Waals surface area contributed by atoms with Gasteiger partial charge in [0.05, 0.1) is 4.92 Å². The van der Waals surface area contributed by atoms with E-state index in [9.17, 15) is 14.9 Å². The first kappa shape index (κ1) is 17.3. The number of unbranched alkanes of at least 4 members (excludes halogenated alkanes) is 4. The number of benzene rings is 1. The van der Waals surface area contributed by atoms with Crippen molar-refractivity contribution in [3.05, 3.63) is 39.9 Å². The quantitative estimate of drug-likeness (QED) is 0.239. The van der Waals surface area contributed by atoms with Gasteiger partial charge in [-0.15, -0.1) is 0 Å². The summed E-state index contributed by atoms with van der Waals surface area (Å²) in [4.78, 5) is 22.3. The number of ketones is 1. The van der Waals surface area contributed by atoms with E-state index in [2.05, 4.69) is 6.92 Å². The largest absolute Gasteiger partial charge is 0.307 e. The second-order valence-electron chi connectivity index (χ2n) is 5.34. The summed E-state index contributed by atoms with van der Waals surface area (Å²) >= 11 is 0. The Morgan fingerprint density at radius 3 is 2.24 bits per heavy atom. The number of nitro benzene ring substituents is 1. The van der Waals surface area contributed by atoms with Gasteiger partial charge in [-0.2, -0.15) is 0 Å². The average Bonchev–Trinajstić information content (AvgIpc) is 2.46. The predicted octanol–water partition coefficient (Wildman–Crippen LogP) is 2.75. The van der Waals surface area contributed by atoms with E-state index in [1.165, 1.54) is 30.7 Å². The lowest BCUT2D eigenvalue weighted by Gasteiger charge is -2.23. The van der Waals surface area contributed by atoms with E-state index in [-0.39, 0.29) is 11.5 Å². The van der Waals surface area contributed by atoms with Crippen molar-refractivity contribution in [3.8, 4) is 0 Å². The lowest BCUT2D eigenvalue weighted by molar-refractivity contribution is -0.384. The molecule has 0 spiro atoms. The topological polar surface area (TPSA) is 112 Å². The number of carbonyl (C=O) groups is 1. The van der Waals surface area contributed by atoms with Crippen LogP contribution in [0.25, 0.3) is 0 Å². The molecular weight excluding hydrogens is 270 g/mol. The minimum Gasteiger partial charge on any atom is -0.307 e. The normalized spacial score (nSPS) is 11.4. The molecular formula is C15H23N3O3. The molecule has 0 aliphatic heterocycles. The lowest BCUT2D eigenvalue weighted by Crippen LogP contribution is -2.56. The summed E-state index contributed by atoms with van der Waals surface area (Å²) in [6.07, 6.45) is 5.63. The number of nitrogens with zero attached hydrogens (tertiary/aromatic N) is 1. The van der Waals surface area contributed by atoms with Crippen LogP contribution in [0.15, 0.2) is 24.3 Å². The van der Waals surface area contributed by atoms with Crippen LogP contribution >= 0.6 is 0 Å². The van der Waals surface area contributed by atoms with Gasteiger partial charge in [0.1, 0.15) is 5.66 Å². The molecule has 0 radical (unpaired) electrons. The number of nitrogens with two attached hydrogens (primary N) is 2. The van der Waals surface area contributed by atoms with Gasteiger partial charge >= 0.3 is 0 Å². The van der Waals surface area contributed by atoms with Crippen LogP contribution in [-0.2, 0) is 0 Å². The fraction of sp³-hybridized carbons (Fsp3) is 0.533. The van der Waals surface area contributed by atoms with Crippen molar-refractivity contribution in [2.24, 2.45) is 11.5 Å². The molecule has 0 saturated heterocycles. The minimum absolute atomic E-state index is 0.0641. The first-order valence-electron chi connectivity index (χ1n) is 7.25. The Bertz CT molecular complexity index is 483. The van der Waals surface area contributed by atoms with Gasteiger partial charge in [0, 0.05) is 17.7 Å². The Labute approximate surface area is 124 Å². The summed E-state index contributed by atoms with van der Waals surface area (Å²) in [6.45, 7) is 2.13. The molecule has 1 aromatic carbocycles. The van der Waals surface area contributed by atoms with Crippen LogP contribution in [0.5, 0.6) is 0 Å². The zero-order valence-electron chi connectivity index (χ0n) is 12.4. The molecule has 0 heterocycles. The Hall–Kier alpha value is -1.79. The van der Waals surface area contributed by atoms with E-state index in [4.69, 9.17) is 11.5 Å². The third-order valence-electron chi connectivity index (χ3n) is 3.46. The zero-order valence-corrected chi connectivity index (χ0v) is 12.4. The van der Waals surface area contributed by atoms with Gasteiger partial charge in [-0.1, -0.05) is 32.6 Å². The highest BCUT2D eigenvalue weighted by Crippen LogP contribution is 2.18. The van der Waals surface area contributed by atoms with E-state index in [0.717, 1.165) is 25.7 Å². The third kappa shape index (κ3) is 5.24. The van der Waals surface area contributed by atoms with Crippen LogP contribution in [-0.4, -0.2) is 16.4 Å². The Balaban J connectivity index is 2.60. The molecule has 6 nitrogen and oxygen atoms in total. The van der Waals surface area contributed by atoms with Crippen molar-refractivity contribution in [1.29, 1.82) is 0 Å². The van der Waals surface area contributed by atoms with Crippen molar-refractivity contribution >= 4 is 11.5 Å². The highest BCUT2D eigenvalue weighted by molar-refractivity contribution is 6.02. The number of non-ortho nitro benzene ring substituents is 1. The first-order valence-corrected chi connectivity index (χ1v) is 7.25. The third-order valence-corrected chi connectivity index (χ3v) is 3.46. The molecule has 0 aliphatic carbocycles. The first-order chi connectivity index (χ1) is 9.88. The average molecular weight is 293 g/mol. The van der Waals surface area contributed by atoms with Crippen LogP contribution in [0.3, 0.4) is 0 Å². The van der Waals surface area contributed by atoms with Crippen molar-refractivity contribution in [3.63, 3.8) is 0 Å². The maximum absolute atomic E-state index is 12.2. The lowest BCUT2D eigenvalue weighted by atomic mass is 9.93. The second-order valence-corrected chi connectivity index (χ2v) is 5.34. The Kier molecular flexibility index (Phi) is 6.45. The minimum atomic E-state index is -1.41. The van der Waals surface area contributed by atoms with Gasteiger partial charge in [-0.3, -0.25) is 14.9 Å². The van der Waals surface area contributed by atoms with E-state index < -0.39 is 10.6 Å². The number of Topliss-reactive ketones (excluding diaryl/α,β-unsaturated/α-hetero) is 1. The molecule has 0 bridgehead atoms. The highest BCUT2D eigenvalue weighted by Gasteiger charge is 2.29. The number of hydrogen-bond donors (Lipinski definition) is 2. The molecule has 0 saturated carbocycles. The summed E-state index contributed by atoms with van der Waals surface area (Å²) < 4.78 is 0. The Morgan fingerprint density at radius 1 is 1.14 bits per heavy atom. The molecule has 0 aliphatic rings. The van der Waals surface area contributed by atoms with Crippen molar-refractivity contribution in [1.82, 2.24) is 0 Å². The molecule has 1 aromatic rings. The molecule has 0 fully saturated rings. The van der Waals surface area contributed by atoms with Gasteiger partial charge in [-0.25, -0.2) is 0 Å². The molecule has 0 atom stereocenters. The van der Waals surface area contributed by atoms with Crippen molar-refractivity contribution in [2.45, 2.75) is 51.1 Å². The molecule has 0 amide bonds. The number of carbonyl (C=O) groups excluding carboxylic acids is 1. The van der Waals surface area contributed by atoms with Crippen molar-refractivity contribution < 1.29 is 9.72 Å². The summed E-state index contributed by atoms with van der Waals surface area (Å²) in [6, 6.07) is 5.35. The number of rotatable bonds is 9. The monoisotopic (exact) mass is 293 g/mol. The standard InChI is InChI=1S/C15H23N3O3/c1-2-3-4-5-6-11-15(16,17)14(19)12-7-9-13(10-8-12)18(20)21/h7-10H,2-6,11,16-17H2,1H3. The summed E-state index contributed by atoms with van der Waals surface area (Å²) in [5, 5.41) is 10.6. The van der Waals surface area contributed by atoms with Crippen LogP contribution in [0.1, 0.15) is 55.8 Å². The van der Waals surface area contributed by atoms with Crippen LogP contribution < -0.4 is 11.5 Å².